The van der Waals surface area contributed by atoms with Crippen LogP contribution in [0.2, 0.25) is 0 Å². The minimum absolute atomic E-state index is 0.106. The van der Waals surface area contributed by atoms with Crippen LogP contribution in [0.5, 0.6) is 0 Å². The molecule has 2 rings (SSSR count). The molecular formula is C15H13FN2OS. The molecule has 3 nitrogen and oxygen atoms in total. The number of halogens is 1. The zero-order valence-electron chi connectivity index (χ0n) is 10.6. The van der Waals surface area contributed by atoms with Crippen molar-refractivity contribution >= 4 is 28.8 Å². The van der Waals surface area contributed by atoms with Crippen molar-refractivity contribution in [1.82, 2.24) is 0 Å². The number of carbonyl (C=O) groups is 1. The number of carbonyl (C=O) groups excluding carboxylic acids is 1. The van der Waals surface area contributed by atoms with E-state index in [0.717, 1.165) is 0 Å². The van der Waals surface area contributed by atoms with Gasteiger partial charge < -0.3 is 11.1 Å². The van der Waals surface area contributed by atoms with Crippen LogP contribution in [-0.2, 0) is 11.2 Å². The smallest absolute Gasteiger partial charge is 0.228 e. The number of benzene rings is 2. The van der Waals surface area contributed by atoms with Crippen LogP contribution in [0.15, 0.2) is 48.5 Å². The van der Waals surface area contributed by atoms with Crippen LogP contribution < -0.4 is 11.1 Å². The summed E-state index contributed by atoms with van der Waals surface area (Å²) in [7, 11) is 0. The molecule has 0 aliphatic heterocycles. The average molecular weight is 288 g/mol. The van der Waals surface area contributed by atoms with Gasteiger partial charge in [0.1, 0.15) is 10.8 Å². The zero-order chi connectivity index (χ0) is 14.5. The summed E-state index contributed by atoms with van der Waals surface area (Å²) in [6.45, 7) is 0. The molecule has 3 N–H and O–H groups in total. The van der Waals surface area contributed by atoms with Gasteiger partial charge in [-0.3, -0.25) is 4.79 Å². The van der Waals surface area contributed by atoms with Gasteiger partial charge in [0.2, 0.25) is 5.91 Å². The van der Waals surface area contributed by atoms with E-state index in [4.69, 9.17) is 18.0 Å². The molecule has 2 aromatic rings. The van der Waals surface area contributed by atoms with Crippen molar-refractivity contribution in [2.24, 2.45) is 5.73 Å². The fourth-order valence-electron chi connectivity index (χ4n) is 1.79. The second-order valence-corrected chi connectivity index (χ2v) is 4.74. The van der Waals surface area contributed by atoms with Gasteiger partial charge in [0.05, 0.1) is 6.42 Å². The van der Waals surface area contributed by atoms with E-state index in [1.807, 2.05) is 0 Å². The van der Waals surface area contributed by atoms with E-state index >= 15 is 0 Å². The molecule has 5 heteroatoms. The first-order valence-electron chi connectivity index (χ1n) is 5.99. The number of nitrogens with one attached hydrogen (secondary N) is 1. The number of hydrogen-bond donors (Lipinski definition) is 2. The lowest BCUT2D eigenvalue weighted by Gasteiger charge is -2.07. The number of hydrogen-bond acceptors (Lipinski definition) is 2. The van der Waals surface area contributed by atoms with Gasteiger partial charge in [-0.1, -0.05) is 36.5 Å². The van der Waals surface area contributed by atoms with E-state index in [1.165, 1.54) is 12.1 Å². The molecule has 0 aromatic heterocycles. The molecule has 0 unspecified atom stereocenters. The van der Waals surface area contributed by atoms with E-state index in [2.05, 4.69) is 5.32 Å². The monoisotopic (exact) mass is 288 g/mol. The molecule has 0 radical (unpaired) electrons. The van der Waals surface area contributed by atoms with Crippen LogP contribution in [0.3, 0.4) is 0 Å². The van der Waals surface area contributed by atoms with Gasteiger partial charge in [-0.25, -0.2) is 4.39 Å². The van der Waals surface area contributed by atoms with Gasteiger partial charge in [0, 0.05) is 11.3 Å². The molecule has 20 heavy (non-hydrogen) atoms. The normalized spacial score (nSPS) is 10.1. The molecule has 0 saturated heterocycles. The van der Waals surface area contributed by atoms with Gasteiger partial charge in [-0.15, -0.1) is 0 Å². The van der Waals surface area contributed by atoms with E-state index in [9.17, 15) is 9.18 Å². The Morgan fingerprint density at radius 2 is 1.95 bits per heavy atom. The van der Waals surface area contributed by atoms with Crippen molar-refractivity contribution in [3.8, 4) is 0 Å². The molecule has 0 saturated carbocycles. The van der Waals surface area contributed by atoms with E-state index < -0.39 is 0 Å². The van der Waals surface area contributed by atoms with Crippen molar-refractivity contribution in [2.75, 3.05) is 5.32 Å². The molecule has 1 amide bonds. The van der Waals surface area contributed by atoms with Crippen molar-refractivity contribution in [3.63, 3.8) is 0 Å². The van der Waals surface area contributed by atoms with E-state index in [-0.39, 0.29) is 23.1 Å². The number of amides is 1. The third-order valence-corrected chi connectivity index (χ3v) is 2.92. The molecule has 0 heterocycles. The van der Waals surface area contributed by atoms with Crippen LogP contribution in [0.25, 0.3) is 0 Å². The Bertz CT molecular complexity index is 658. The van der Waals surface area contributed by atoms with Gasteiger partial charge in [0.15, 0.2) is 0 Å². The second-order valence-electron chi connectivity index (χ2n) is 4.30. The molecule has 2 aromatic carbocycles. The maximum atomic E-state index is 13.0. The summed E-state index contributed by atoms with van der Waals surface area (Å²) in [5.74, 6) is -0.582. The second kappa shape index (κ2) is 6.25. The fraction of sp³-hybridized carbons (Fsp3) is 0.0667. The van der Waals surface area contributed by atoms with Crippen molar-refractivity contribution in [2.45, 2.75) is 6.42 Å². The number of anilines is 1. The highest BCUT2D eigenvalue weighted by molar-refractivity contribution is 7.80. The summed E-state index contributed by atoms with van der Waals surface area (Å²) in [5, 5.41) is 2.73. The Hall–Kier alpha value is -2.27. The topological polar surface area (TPSA) is 55.1 Å². The van der Waals surface area contributed by atoms with Gasteiger partial charge >= 0.3 is 0 Å². The Kier molecular flexibility index (Phi) is 4.42. The van der Waals surface area contributed by atoms with Crippen LogP contribution in [0.1, 0.15) is 11.1 Å². The first-order valence-corrected chi connectivity index (χ1v) is 6.39. The molecule has 0 spiro atoms. The first kappa shape index (κ1) is 14.1. The zero-order valence-corrected chi connectivity index (χ0v) is 11.4. The summed E-state index contributed by atoms with van der Waals surface area (Å²) >= 11 is 4.88. The quantitative estimate of drug-likeness (QED) is 0.850. The standard InChI is InChI=1S/C15H13FN2OS/c16-12-5-1-3-10(7-12)8-14(19)18-13-6-2-4-11(9-13)15(17)20/h1-7,9H,8H2,(H2,17,20)(H,18,19). The molecule has 102 valence electrons. The first-order chi connectivity index (χ1) is 9.54. The predicted octanol–water partition coefficient (Wildman–Crippen LogP) is 2.64. The van der Waals surface area contributed by atoms with Crippen molar-refractivity contribution in [1.29, 1.82) is 0 Å². The molecular weight excluding hydrogens is 275 g/mol. The number of rotatable bonds is 4. The largest absolute Gasteiger partial charge is 0.389 e. The Labute approximate surface area is 121 Å². The van der Waals surface area contributed by atoms with Crippen LogP contribution in [0, 0.1) is 5.82 Å². The average Bonchev–Trinajstić information content (AvgIpc) is 2.38. The number of nitrogens with two attached hydrogens (primary N) is 1. The summed E-state index contributed by atoms with van der Waals surface area (Å²) in [4.78, 5) is 12.1. The lowest BCUT2D eigenvalue weighted by molar-refractivity contribution is -0.115. The maximum absolute atomic E-state index is 13.0. The van der Waals surface area contributed by atoms with Crippen molar-refractivity contribution < 1.29 is 9.18 Å². The highest BCUT2D eigenvalue weighted by atomic mass is 32.1. The van der Waals surface area contributed by atoms with Crippen LogP contribution >= 0.6 is 12.2 Å². The van der Waals surface area contributed by atoms with Crippen LogP contribution in [0.4, 0.5) is 10.1 Å². The van der Waals surface area contributed by atoms with E-state index in [1.54, 1.807) is 36.4 Å². The van der Waals surface area contributed by atoms with Gasteiger partial charge in [0.25, 0.3) is 0 Å². The molecule has 0 bridgehead atoms. The Morgan fingerprint density at radius 3 is 2.65 bits per heavy atom. The third kappa shape index (κ3) is 3.86. The molecule has 0 fully saturated rings. The maximum Gasteiger partial charge on any atom is 0.228 e. The number of thiocarbonyl (C=S) groups is 1. The third-order valence-electron chi connectivity index (χ3n) is 2.68. The summed E-state index contributed by atoms with van der Waals surface area (Å²) in [5.41, 5.74) is 7.44. The van der Waals surface area contributed by atoms with Gasteiger partial charge in [-0.2, -0.15) is 0 Å². The Balaban J connectivity index is 2.04. The van der Waals surface area contributed by atoms with Crippen molar-refractivity contribution in [3.05, 3.63) is 65.5 Å². The molecule has 0 atom stereocenters. The lowest BCUT2D eigenvalue weighted by Crippen LogP contribution is -2.15. The minimum atomic E-state index is -0.356. The summed E-state index contributed by atoms with van der Waals surface area (Å²) < 4.78 is 13.0. The highest BCUT2D eigenvalue weighted by Gasteiger charge is 2.06. The van der Waals surface area contributed by atoms with Gasteiger partial charge in [-0.05, 0) is 29.8 Å². The lowest BCUT2D eigenvalue weighted by atomic mass is 10.1. The SMILES string of the molecule is NC(=S)c1cccc(NC(=O)Cc2cccc(F)c2)c1. The minimum Gasteiger partial charge on any atom is -0.389 e. The van der Waals surface area contributed by atoms with E-state index in [0.29, 0.717) is 16.8 Å². The predicted molar refractivity (Wildman–Crippen MR) is 81.1 cm³/mol. The highest BCUT2D eigenvalue weighted by Crippen LogP contribution is 2.12. The fourth-order valence-corrected chi connectivity index (χ4v) is 1.91. The summed E-state index contributed by atoms with van der Waals surface area (Å²) in [6, 6.07) is 12.9. The molecule has 0 aliphatic rings. The van der Waals surface area contributed by atoms with Crippen LogP contribution in [-0.4, -0.2) is 10.9 Å². The molecule has 0 aliphatic carbocycles. The Morgan fingerprint density at radius 1 is 1.20 bits per heavy atom. The summed E-state index contributed by atoms with van der Waals surface area (Å²) in [6.07, 6.45) is 0.106.